The molecule has 0 spiro atoms. The predicted octanol–water partition coefficient (Wildman–Crippen LogP) is 4.79. The number of hydrogen-bond acceptors (Lipinski definition) is 4. The van der Waals surface area contributed by atoms with E-state index in [0.29, 0.717) is 5.69 Å². The first-order valence-electron chi connectivity index (χ1n) is 7.59. The highest BCUT2D eigenvalue weighted by Crippen LogP contribution is 2.28. The number of anilines is 1. The van der Waals surface area contributed by atoms with Gasteiger partial charge in [-0.25, -0.2) is 9.97 Å². The first-order chi connectivity index (χ1) is 11.7. The third kappa shape index (κ3) is 5.78. The Morgan fingerprint density at radius 2 is 2.00 bits per heavy atom. The molecule has 0 bridgehead atoms. The van der Waals surface area contributed by atoms with E-state index in [-0.39, 0.29) is 32.2 Å². The lowest BCUT2D eigenvalue weighted by molar-refractivity contribution is 0.102. The van der Waals surface area contributed by atoms with Crippen LogP contribution in [-0.4, -0.2) is 26.8 Å². The Bertz CT molecular complexity index is 819. The summed E-state index contributed by atoms with van der Waals surface area (Å²) in [5.41, 5.74) is 0.664. The standard InChI is InChI=1S/C17H20Cl2N4OS/c1-5-25(23-17(2,3)4)12-8-6-7-11(9-12)21-16(24)14-15(19)22-13(18)10-20-14/h5-10,23H,1-4H3,(H,21,24). The van der Waals surface area contributed by atoms with Crippen LogP contribution in [0.25, 0.3) is 0 Å². The predicted molar refractivity (Wildman–Crippen MR) is 107 cm³/mol. The number of aromatic nitrogens is 2. The Balaban J connectivity index is 2.22. The molecule has 1 aromatic heterocycles. The van der Waals surface area contributed by atoms with E-state index in [2.05, 4.69) is 46.1 Å². The molecule has 1 heterocycles. The van der Waals surface area contributed by atoms with E-state index >= 15 is 0 Å². The van der Waals surface area contributed by atoms with Gasteiger partial charge in [0.1, 0.15) is 5.15 Å². The molecule has 8 heteroatoms. The number of nitrogens with one attached hydrogen (secondary N) is 2. The third-order valence-corrected chi connectivity index (χ3v) is 5.42. The van der Waals surface area contributed by atoms with Crippen molar-refractivity contribution in [3.8, 4) is 0 Å². The first-order valence-corrected chi connectivity index (χ1v) is 9.64. The lowest BCUT2D eigenvalue weighted by Crippen LogP contribution is -2.31. The molecule has 1 amide bonds. The summed E-state index contributed by atoms with van der Waals surface area (Å²) in [6.07, 6.45) is 1.29. The molecule has 1 unspecified atom stereocenters. The number of amides is 1. The first kappa shape index (κ1) is 19.8. The van der Waals surface area contributed by atoms with Gasteiger partial charge >= 0.3 is 0 Å². The summed E-state index contributed by atoms with van der Waals surface area (Å²) < 4.78 is 3.55. The van der Waals surface area contributed by atoms with Crippen LogP contribution in [0.1, 0.15) is 38.2 Å². The quantitative estimate of drug-likeness (QED) is 0.726. The van der Waals surface area contributed by atoms with Crippen molar-refractivity contribution in [2.45, 2.75) is 38.1 Å². The van der Waals surface area contributed by atoms with Gasteiger partial charge < -0.3 is 5.32 Å². The smallest absolute Gasteiger partial charge is 0.277 e. The molecule has 2 aromatic rings. The average Bonchev–Trinajstić information content (AvgIpc) is 2.51. The maximum Gasteiger partial charge on any atom is 0.277 e. The third-order valence-electron chi connectivity index (χ3n) is 2.91. The molecule has 0 aliphatic carbocycles. The lowest BCUT2D eigenvalue weighted by Gasteiger charge is -2.24. The van der Waals surface area contributed by atoms with Crippen LogP contribution in [0.3, 0.4) is 0 Å². The van der Waals surface area contributed by atoms with Crippen molar-refractivity contribution in [3.63, 3.8) is 0 Å². The Kier molecular flexibility index (Phi) is 6.57. The molecule has 1 aromatic carbocycles. The summed E-state index contributed by atoms with van der Waals surface area (Å²) in [7, 11) is -0.239. The van der Waals surface area contributed by atoms with Crippen molar-refractivity contribution in [2.75, 3.05) is 5.32 Å². The molecule has 0 aliphatic heterocycles. The second-order valence-corrected chi connectivity index (χ2v) is 8.81. The monoisotopic (exact) mass is 398 g/mol. The van der Waals surface area contributed by atoms with Gasteiger partial charge in [-0.3, -0.25) is 9.52 Å². The zero-order valence-electron chi connectivity index (χ0n) is 14.4. The average molecular weight is 399 g/mol. The molecule has 134 valence electrons. The van der Waals surface area contributed by atoms with Crippen LogP contribution in [0.2, 0.25) is 10.3 Å². The van der Waals surface area contributed by atoms with Crippen molar-refractivity contribution in [1.82, 2.24) is 14.7 Å². The molecule has 0 saturated carbocycles. The van der Waals surface area contributed by atoms with Gasteiger partial charge in [0.15, 0.2) is 10.8 Å². The molecule has 1 atom stereocenters. The van der Waals surface area contributed by atoms with Crippen LogP contribution in [0.4, 0.5) is 5.69 Å². The fourth-order valence-corrected chi connectivity index (χ4v) is 4.03. The van der Waals surface area contributed by atoms with Crippen molar-refractivity contribution in [1.29, 1.82) is 0 Å². The lowest BCUT2D eigenvalue weighted by atomic mass is 10.1. The van der Waals surface area contributed by atoms with E-state index in [0.717, 1.165) is 4.90 Å². The zero-order valence-corrected chi connectivity index (χ0v) is 16.8. The minimum absolute atomic E-state index is 0.0265. The Morgan fingerprint density at radius 1 is 1.28 bits per heavy atom. The number of hydrogen-bond donors (Lipinski definition) is 2. The molecule has 0 saturated heterocycles. The van der Waals surface area contributed by atoms with Crippen molar-refractivity contribution in [2.24, 2.45) is 0 Å². The van der Waals surface area contributed by atoms with Gasteiger partial charge in [0.25, 0.3) is 5.91 Å². The summed E-state index contributed by atoms with van der Waals surface area (Å²) in [6, 6.07) is 7.66. The molecule has 2 rings (SSSR count). The maximum absolute atomic E-state index is 12.4. The zero-order chi connectivity index (χ0) is 18.6. The molecule has 2 N–H and O–H groups in total. The minimum atomic E-state index is -0.435. The van der Waals surface area contributed by atoms with Crippen LogP contribution >= 0.6 is 33.9 Å². The van der Waals surface area contributed by atoms with E-state index in [1.54, 1.807) is 0 Å². The number of halogens is 2. The number of carbonyl (C=O) groups excluding carboxylic acids is 1. The highest BCUT2D eigenvalue weighted by molar-refractivity contribution is 8.13. The molecule has 0 aliphatic rings. The van der Waals surface area contributed by atoms with E-state index < -0.39 is 5.91 Å². The second-order valence-electron chi connectivity index (χ2n) is 6.24. The number of carbonyl (C=O) groups is 1. The molecule has 0 radical (unpaired) electrons. The van der Waals surface area contributed by atoms with Gasteiger partial charge in [0, 0.05) is 16.1 Å². The van der Waals surface area contributed by atoms with Crippen LogP contribution in [0, 0.1) is 0 Å². The molecular formula is C17H20Cl2N4OS. The van der Waals surface area contributed by atoms with Crippen LogP contribution in [0.15, 0.2) is 35.4 Å². The normalized spacial score (nSPS) is 12.9. The summed E-state index contributed by atoms with van der Waals surface area (Å²) in [5, 5.41) is 5.01. The molecule has 25 heavy (non-hydrogen) atoms. The van der Waals surface area contributed by atoms with E-state index in [4.69, 9.17) is 23.2 Å². The minimum Gasteiger partial charge on any atom is -0.321 e. The Morgan fingerprint density at radius 3 is 2.60 bits per heavy atom. The van der Waals surface area contributed by atoms with Crippen molar-refractivity contribution < 1.29 is 4.79 Å². The highest BCUT2D eigenvalue weighted by atomic mass is 35.5. The van der Waals surface area contributed by atoms with Gasteiger partial charge in [-0.15, -0.1) is 0 Å². The molecular weight excluding hydrogens is 379 g/mol. The maximum atomic E-state index is 12.4. The van der Waals surface area contributed by atoms with Gasteiger partial charge in [-0.2, -0.15) is 0 Å². The number of nitrogens with zero attached hydrogens (tertiary/aromatic N) is 2. The Hall–Kier alpha value is -1.47. The number of rotatable bonds is 4. The topological polar surface area (TPSA) is 66.9 Å². The Labute approximate surface area is 160 Å². The van der Waals surface area contributed by atoms with Crippen LogP contribution in [-0.2, 0) is 0 Å². The van der Waals surface area contributed by atoms with Gasteiger partial charge in [0.05, 0.1) is 6.20 Å². The SMILES string of the molecule is CC=S(NC(C)(C)C)c1cccc(NC(=O)c2ncc(Cl)nc2Cl)c1. The summed E-state index contributed by atoms with van der Waals surface area (Å²) in [5.74, 6) is -0.435. The van der Waals surface area contributed by atoms with E-state index in [9.17, 15) is 4.79 Å². The summed E-state index contributed by atoms with van der Waals surface area (Å²) >= 11 is 11.6. The molecule has 0 fully saturated rings. The van der Waals surface area contributed by atoms with Gasteiger partial charge in [0.2, 0.25) is 0 Å². The fraction of sp³-hybridized carbons (Fsp3) is 0.294. The highest BCUT2D eigenvalue weighted by Gasteiger charge is 2.15. The fourth-order valence-electron chi connectivity index (χ4n) is 1.98. The molecule has 5 nitrogen and oxygen atoms in total. The van der Waals surface area contributed by atoms with E-state index in [1.165, 1.54) is 6.20 Å². The second kappa shape index (κ2) is 8.27. The van der Waals surface area contributed by atoms with Gasteiger partial charge in [-0.05, 0) is 51.3 Å². The van der Waals surface area contributed by atoms with Gasteiger partial charge in [-0.1, -0.05) is 39.9 Å². The van der Waals surface area contributed by atoms with Crippen molar-refractivity contribution in [3.05, 3.63) is 46.5 Å². The van der Waals surface area contributed by atoms with E-state index in [1.807, 2.05) is 31.2 Å². The summed E-state index contributed by atoms with van der Waals surface area (Å²) in [4.78, 5) is 21.2. The number of benzene rings is 1. The largest absolute Gasteiger partial charge is 0.321 e. The van der Waals surface area contributed by atoms with Crippen LogP contribution < -0.4 is 10.0 Å². The summed E-state index contributed by atoms with van der Waals surface area (Å²) in [6.45, 7) is 8.35. The van der Waals surface area contributed by atoms with Crippen LogP contribution in [0.5, 0.6) is 0 Å². The van der Waals surface area contributed by atoms with Crippen molar-refractivity contribution >= 4 is 50.8 Å².